The molecule has 0 fully saturated rings. The highest BCUT2D eigenvalue weighted by atomic mass is 35.5. The summed E-state index contributed by atoms with van der Waals surface area (Å²) in [5.74, 6) is 0.410. The number of hydrogen-bond acceptors (Lipinski definition) is 4. The molecule has 22 heavy (non-hydrogen) atoms. The highest BCUT2D eigenvalue weighted by molar-refractivity contribution is 7.93. The molecule has 0 amide bonds. The standard InChI is InChI=1S/C14H14ClN3O2S2/c1-3-10-8(2)21-17-14(10)18-22(19,20)13-7-16-12-6-9(15)4-5-11(12)13/h4-7,16H,3H2,1-2H3,(H,17,18). The topological polar surface area (TPSA) is 74.8 Å². The summed E-state index contributed by atoms with van der Waals surface area (Å²) < 4.78 is 32.1. The van der Waals surface area contributed by atoms with E-state index in [2.05, 4.69) is 14.1 Å². The number of fused-ring (bicyclic) bond motifs is 1. The highest BCUT2D eigenvalue weighted by Crippen LogP contribution is 2.29. The molecule has 2 N–H and O–H groups in total. The minimum absolute atomic E-state index is 0.187. The van der Waals surface area contributed by atoms with E-state index in [-0.39, 0.29) is 4.90 Å². The van der Waals surface area contributed by atoms with Crippen molar-refractivity contribution in [3.63, 3.8) is 0 Å². The number of nitrogens with zero attached hydrogens (tertiary/aromatic N) is 1. The molecular formula is C14H14ClN3O2S2. The van der Waals surface area contributed by atoms with Crippen LogP contribution in [0, 0.1) is 6.92 Å². The molecule has 0 bridgehead atoms. The Kier molecular flexibility index (Phi) is 3.88. The first-order valence-corrected chi connectivity index (χ1v) is 9.30. The smallest absolute Gasteiger partial charge is 0.265 e. The van der Waals surface area contributed by atoms with Gasteiger partial charge in [-0.3, -0.25) is 4.72 Å². The first kappa shape index (κ1) is 15.3. The number of sulfonamides is 1. The fraction of sp³-hybridized carbons (Fsp3) is 0.214. The summed E-state index contributed by atoms with van der Waals surface area (Å²) in [6, 6.07) is 5.05. The SMILES string of the molecule is CCc1c(NS(=O)(=O)c2c[nH]c3cc(Cl)ccc23)nsc1C. The van der Waals surface area contributed by atoms with Crippen LogP contribution in [0.25, 0.3) is 10.9 Å². The monoisotopic (exact) mass is 355 g/mol. The van der Waals surface area contributed by atoms with Gasteiger partial charge in [-0.2, -0.15) is 4.37 Å². The lowest BCUT2D eigenvalue weighted by molar-refractivity contribution is 0.602. The van der Waals surface area contributed by atoms with Crippen molar-refractivity contribution in [2.24, 2.45) is 0 Å². The van der Waals surface area contributed by atoms with Gasteiger partial charge in [-0.1, -0.05) is 18.5 Å². The van der Waals surface area contributed by atoms with Crippen molar-refractivity contribution in [3.05, 3.63) is 39.9 Å². The van der Waals surface area contributed by atoms with Crippen LogP contribution in [-0.2, 0) is 16.4 Å². The first-order chi connectivity index (χ1) is 10.4. The van der Waals surface area contributed by atoms with Crippen LogP contribution in [0.15, 0.2) is 29.3 Å². The van der Waals surface area contributed by atoms with Gasteiger partial charge in [0.15, 0.2) is 5.82 Å². The minimum atomic E-state index is -3.71. The second-order valence-electron chi connectivity index (χ2n) is 4.87. The van der Waals surface area contributed by atoms with Crippen LogP contribution in [0.5, 0.6) is 0 Å². The average Bonchev–Trinajstić information content (AvgIpc) is 3.02. The molecule has 3 aromatic rings. The molecule has 0 aliphatic carbocycles. The molecule has 2 heterocycles. The number of hydrogen-bond donors (Lipinski definition) is 2. The molecule has 3 rings (SSSR count). The zero-order chi connectivity index (χ0) is 15.9. The van der Waals surface area contributed by atoms with Gasteiger partial charge in [-0.15, -0.1) is 0 Å². The number of rotatable bonds is 4. The lowest BCUT2D eigenvalue weighted by Crippen LogP contribution is -2.14. The zero-order valence-corrected chi connectivity index (χ0v) is 14.4. The van der Waals surface area contributed by atoms with E-state index < -0.39 is 10.0 Å². The van der Waals surface area contributed by atoms with Crippen LogP contribution >= 0.6 is 23.1 Å². The van der Waals surface area contributed by atoms with Crippen molar-refractivity contribution >= 4 is 49.9 Å². The third-order valence-corrected chi connectivity index (χ3v) is 5.87. The van der Waals surface area contributed by atoms with E-state index in [1.807, 2.05) is 13.8 Å². The van der Waals surface area contributed by atoms with Gasteiger partial charge in [0.1, 0.15) is 4.90 Å². The summed E-state index contributed by atoms with van der Waals surface area (Å²) in [4.78, 5) is 4.14. The van der Waals surface area contributed by atoms with Gasteiger partial charge in [0, 0.05) is 32.6 Å². The lowest BCUT2D eigenvalue weighted by Gasteiger charge is -2.06. The molecule has 5 nitrogen and oxygen atoms in total. The summed E-state index contributed by atoms with van der Waals surface area (Å²) in [6.07, 6.45) is 2.19. The Balaban J connectivity index is 2.05. The molecule has 0 aliphatic rings. The van der Waals surface area contributed by atoms with E-state index in [0.717, 1.165) is 16.9 Å². The van der Waals surface area contributed by atoms with E-state index in [1.165, 1.54) is 17.7 Å². The molecule has 2 aromatic heterocycles. The maximum absolute atomic E-state index is 12.6. The first-order valence-electron chi connectivity index (χ1n) is 6.67. The Morgan fingerprint density at radius 3 is 2.91 bits per heavy atom. The van der Waals surface area contributed by atoms with Crippen molar-refractivity contribution < 1.29 is 8.42 Å². The quantitative estimate of drug-likeness (QED) is 0.744. The fourth-order valence-electron chi connectivity index (χ4n) is 2.36. The van der Waals surface area contributed by atoms with Crippen molar-refractivity contribution in [3.8, 4) is 0 Å². The van der Waals surface area contributed by atoms with E-state index in [1.54, 1.807) is 18.2 Å². The van der Waals surface area contributed by atoms with Crippen molar-refractivity contribution in [2.45, 2.75) is 25.2 Å². The Hall–Kier alpha value is -1.57. The predicted octanol–water partition coefficient (Wildman–Crippen LogP) is 3.95. The number of aromatic amines is 1. The predicted molar refractivity (Wildman–Crippen MR) is 90.3 cm³/mol. The van der Waals surface area contributed by atoms with Crippen LogP contribution < -0.4 is 4.72 Å². The Morgan fingerprint density at radius 2 is 2.18 bits per heavy atom. The van der Waals surface area contributed by atoms with E-state index in [9.17, 15) is 8.42 Å². The number of benzene rings is 1. The van der Waals surface area contributed by atoms with Gasteiger partial charge >= 0.3 is 0 Å². The van der Waals surface area contributed by atoms with Crippen LogP contribution in [0.1, 0.15) is 17.4 Å². The highest BCUT2D eigenvalue weighted by Gasteiger charge is 2.22. The van der Waals surface area contributed by atoms with Crippen molar-refractivity contribution in [1.29, 1.82) is 0 Å². The molecule has 0 aliphatic heterocycles. The van der Waals surface area contributed by atoms with Gasteiger partial charge < -0.3 is 4.98 Å². The van der Waals surface area contributed by atoms with E-state index in [0.29, 0.717) is 21.7 Å². The van der Waals surface area contributed by atoms with Crippen molar-refractivity contribution in [2.75, 3.05) is 4.72 Å². The Labute approximate surface area is 137 Å². The molecule has 8 heteroatoms. The molecule has 1 aromatic carbocycles. The summed E-state index contributed by atoms with van der Waals surface area (Å²) in [5.41, 5.74) is 1.61. The minimum Gasteiger partial charge on any atom is -0.360 e. The Bertz CT molecular complexity index is 944. The third kappa shape index (κ3) is 2.60. The molecule has 0 spiro atoms. The number of aryl methyl sites for hydroxylation is 1. The van der Waals surface area contributed by atoms with Crippen LogP contribution in [0.3, 0.4) is 0 Å². The number of aromatic nitrogens is 2. The van der Waals surface area contributed by atoms with Crippen LogP contribution in [0.4, 0.5) is 5.82 Å². The lowest BCUT2D eigenvalue weighted by atomic mass is 10.2. The maximum Gasteiger partial charge on any atom is 0.265 e. The van der Waals surface area contributed by atoms with Gasteiger partial charge in [-0.05, 0) is 43.1 Å². The second kappa shape index (κ2) is 5.57. The van der Waals surface area contributed by atoms with Crippen LogP contribution in [-0.4, -0.2) is 17.8 Å². The van der Waals surface area contributed by atoms with Crippen molar-refractivity contribution in [1.82, 2.24) is 9.36 Å². The zero-order valence-electron chi connectivity index (χ0n) is 12.0. The van der Waals surface area contributed by atoms with Gasteiger partial charge in [-0.25, -0.2) is 8.42 Å². The van der Waals surface area contributed by atoms with Gasteiger partial charge in [0.05, 0.1) is 0 Å². The summed E-state index contributed by atoms with van der Waals surface area (Å²) in [6.45, 7) is 3.91. The Morgan fingerprint density at radius 1 is 1.41 bits per heavy atom. The number of nitrogens with one attached hydrogen (secondary N) is 2. The van der Waals surface area contributed by atoms with E-state index >= 15 is 0 Å². The molecule has 0 unspecified atom stereocenters. The van der Waals surface area contributed by atoms with Gasteiger partial charge in [0.25, 0.3) is 10.0 Å². The molecular weight excluding hydrogens is 342 g/mol. The molecule has 0 atom stereocenters. The normalized spacial score (nSPS) is 12.0. The summed E-state index contributed by atoms with van der Waals surface area (Å²) in [5, 5.41) is 1.15. The van der Waals surface area contributed by atoms with E-state index in [4.69, 9.17) is 11.6 Å². The van der Waals surface area contributed by atoms with Crippen LogP contribution in [0.2, 0.25) is 5.02 Å². The third-order valence-electron chi connectivity index (χ3n) is 3.46. The maximum atomic E-state index is 12.6. The molecule has 0 saturated carbocycles. The second-order valence-corrected chi connectivity index (χ2v) is 7.93. The molecule has 116 valence electrons. The summed E-state index contributed by atoms with van der Waals surface area (Å²) in [7, 11) is -3.71. The summed E-state index contributed by atoms with van der Waals surface area (Å²) >= 11 is 7.22. The van der Waals surface area contributed by atoms with Gasteiger partial charge in [0.2, 0.25) is 0 Å². The number of anilines is 1. The molecule has 0 radical (unpaired) electrons. The fourth-order valence-corrected chi connectivity index (χ4v) is 4.54. The average molecular weight is 356 g/mol. The largest absolute Gasteiger partial charge is 0.360 e. The number of halogens is 1. The molecule has 0 saturated heterocycles. The number of H-pyrrole nitrogens is 1.